The maximum Gasteiger partial charge on any atom is 0.0568 e. The predicted molar refractivity (Wildman–Crippen MR) is 74.5 cm³/mol. The van der Waals surface area contributed by atoms with Crippen LogP contribution in [0.15, 0.2) is 0 Å². The van der Waals surface area contributed by atoms with Crippen molar-refractivity contribution in [3.63, 3.8) is 0 Å². The van der Waals surface area contributed by atoms with Crippen LogP contribution in [0.1, 0.15) is 57.8 Å². The second-order valence-electron chi connectivity index (χ2n) is 6.94. The Labute approximate surface area is 112 Å². The lowest BCUT2D eigenvalue weighted by Gasteiger charge is -2.41. The maximum absolute atomic E-state index is 9.89. The zero-order valence-electron chi connectivity index (χ0n) is 11.7. The molecule has 18 heavy (non-hydrogen) atoms. The summed E-state index contributed by atoms with van der Waals surface area (Å²) in [4.78, 5) is 2.69. The molecule has 0 aromatic rings. The highest BCUT2D eigenvalue weighted by Gasteiger charge is 2.32. The van der Waals surface area contributed by atoms with Crippen LogP contribution in [0.5, 0.6) is 0 Å². The zero-order valence-corrected chi connectivity index (χ0v) is 11.7. The molecule has 2 saturated carbocycles. The first-order valence-electron chi connectivity index (χ1n) is 8.23. The van der Waals surface area contributed by atoms with Crippen molar-refractivity contribution >= 4 is 0 Å². The molecule has 4 unspecified atom stereocenters. The molecule has 104 valence electrons. The van der Waals surface area contributed by atoms with E-state index in [2.05, 4.69) is 4.90 Å². The van der Waals surface area contributed by atoms with E-state index in [1.807, 2.05) is 0 Å². The molecule has 1 saturated heterocycles. The topological polar surface area (TPSA) is 23.5 Å². The van der Waals surface area contributed by atoms with Gasteiger partial charge >= 0.3 is 0 Å². The highest BCUT2D eigenvalue weighted by molar-refractivity contribution is 4.84. The third-order valence-electron chi connectivity index (χ3n) is 5.81. The number of fused-ring (bicyclic) bond motifs is 1. The molecule has 3 fully saturated rings. The van der Waals surface area contributed by atoms with Crippen LogP contribution in [-0.2, 0) is 0 Å². The second-order valence-corrected chi connectivity index (χ2v) is 6.94. The number of aliphatic hydroxyl groups is 1. The van der Waals surface area contributed by atoms with E-state index in [4.69, 9.17) is 0 Å². The van der Waals surface area contributed by atoms with Crippen molar-refractivity contribution in [3.05, 3.63) is 0 Å². The lowest BCUT2D eigenvalue weighted by molar-refractivity contribution is 0.0712. The Balaban J connectivity index is 1.43. The molecule has 3 aliphatic rings. The van der Waals surface area contributed by atoms with Crippen molar-refractivity contribution in [1.82, 2.24) is 4.90 Å². The fourth-order valence-corrected chi connectivity index (χ4v) is 4.58. The summed E-state index contributed by atoms with van der Waals surface area (Å²) in [6, 6.07) is 0. The van der Waals surface area contributed by atoms with Gasteiger partial charge in [0.25, 0.3) is 0 Å². The van der Waals surface area contributed by atoms with Gasteiger partial charge in [-0.1, -0.05) is 25.7 Å². The van der Waals surface area contributed by atoms with Gasteiger partial charge in [-0.15, -0.1) is 0 Å². The van der Waals surface area contributed by atoms with Crippen molar-refractivity contribution in [3.8, 4) is 0 Å². The van der Waals surface area contributed by atoms with Crippen LogP contribution < -0.4 is 0 Å². The molecule has 1 N–H and O–H groups in total. The highest BCUT2D eigenvalue weighted by atomic mass is 16.3. The van der Waals surface area contributed by atoms with Gasteiger partial charge in [0.15, 0.2) is 0 Å². The second kappa shape index (κ2) is 5.92. The molecular weight excluding hydrogens is 222 g/mol. The summed E-state index contributed by atoms with van der Waals surface area (Å²) >= 11 is 0. The van der Waals surface area contributed by atoms with E-state index >= 15 is 0 Å². The summed E-state index contributed by atoms with van der Waals surface area (Å²) < 4.78 is 0. The molecule has 1 aliphatic heterocycles. The van der Waals surface area contributed by atoms with Gasteiger partial charge in [0.05, 0.1) is 6.10 Å². The first kappa shape index (κ1) is 12.9. The lowest BCUT2D eigenvalue weighted by atomic mass is 9.75. The number of hydrogen-bond donors (Lipinski definition) is 1. The lowest BCUT2D eigenvalue weighted by Crippen LogP contribution is -2.42. The SMILES string of the molecule is OC1CCCC1CCN1CCC2CCCCC2C1. The van der Waals surface area contributed by atoms with Crippen molar-refractivity contribution in [2.24, 2.45) is 17.8 Å². The van der Waals surface area contributed by atoms with E-state index in [0.717, 1.165) is 18.3 Å². The van der Waals surface area contributed by atoms with E-state index in [9.17, 15) is 5.11 Å². The van der Waals surface area contributed by atoms with E-state index in [1.165, 1.54) is 71.0 Å². The fourth-order valence-electron chi connectivity index (χ4n) is 4.58. The van der Waals surface area contributed by atoms with E-state index in [0.29, 0.717) is 5.92 Å². The van der Waals surface area contributed by atoms with E-state index in [1.54, 1.807) is 0 Å². The number of hydrogen-bond acceptors (Lipinski definition) is 2. The van der Waals surface area contributed by atoms with Crippen LogP contribution in [0.4, 0.5) is 0 Å². The van der Waals surface area contributed by atoms with Gasteiger partial charge in [-0.25, -0.2) is 0 Å². The Morgan fingerprint density at radius 2 is 1.72 bits per heavy atom. The molecule has 2 heteroatoms. The predicted octanol–water partition coefficient (Wildman–Crippen LogP) is 3.05. The summed E-state index contributed by atoms with van der Waals surface area (Å²) in [5, 5.41) is 9.89. The molecule has 0 aromatic carbocycles. The van der Waals surface area contributed by atoms with Gasteiger partial charge < -0.3 is 10.0 Å². The standard InChI is InChI=1S/C16H29NO/c18-16-7-3-6-14(16)9-11-17-10-8-13-4-1-2-5-15(13)12-17/h13-16,18H,1-12H2. The molecule has 0 bridgehead atoms. The summed E-state index contributed by atoms with van der Waals surface area (Å²) in [7, 11) is 0. The van der Waals surface area contributed by atoms with Crippen molar-refractivity contribution < 1.29 is 5.11 Å². The average Bonchev–Trinajstić information content (AvgIpc) is 2.82. The van der Waals surface area contributed by atoms with Gasteiger partial charge in [-0.05, 0) is 62.9 Å². The van der Waals surface area contributed by atoms with Gasteiger partial charge in [0.2, 0.25) is 0 Å². The maximum atomic E-state index is 9.89. The summed E-state index contributed by atoms with van der Waals surface area (Å²) in [6.07, 6.45) is 12.2. The molecular formula is C16H29NO. The molecule has 0 aromatic heterocycles. The first-order valence-corrected chi connectivity index (χ1v) is 8.23. The molecule has 2 nitrogen and oxygen atoms in total. The van der Waals surface area contributed by atoms with Gasteiger partial charge in [-0.3, -0.25) is 0 Å². The van der Waals surface area contributed by atoms with Crippen LogP contribution in [0.3, 0.4) is 0 Å². The largest absolute Gasteiger partial charge is 0.393 e. The zero-order chi connectivity index (χ0) is 12.4. The van der Waals surface area contributed by atoms with Gasteiger partial charge in [-0.2, -0.15) is 0 Å². The minimum Gasteiger partial charge on any atom is -0.393 e. The number of piperidine rings is 1. The van der Waals surface area contributed by atoms with Crippen LogP contribution in [0.25, 0.3) is 0 Å². The first-order chi connectivity index (χ1) is 8.83. The number of nitrogens with zero attached hydrogens (tertiary/aromatic N) is 1. The minimum atomic E-state index is 0.0113. The van der Waals surface area contributed by atoms with Crippen molar-refractivity contribution in [2.75, 3.05) is 19.6 Å². The highest BCUT2D eigenvalue weighted by Crippen LogP contribution is 2.36. The van der Waals surface area contributed by atoms with Crippen molar-refractivity contribution in [2.45, 2.75) is 63.9 Å². The summed E-state index contributed by atoms with van der Waals surface area (Å²) in [5.41, 5.74) is 0. The normalized spacial score (nSPS) is 41.8. The molecule has 2 aliphatic carbocycles. The number of aliphatic hydroxyl groups excluding tert-OH is 1. The minimum absolute atomic E-state index is 0.0113. The number of likely N-dealkylation sites (tertiary alicyclic amines) is 1. The average molecular weight is 251 g/mol. The summed E-state index contributed by atoms with van der Waals surface area (Å²) in [6.45, 7) is 3.92. The third-order valence-corrected chi connectivity index (χ3v) is 5.81. The molecule has 1 heterocycles. The quantitative estimate of drug-likeness (QED) is 0.833. The Morgan fingerprint density at radius 3 is 2.50 bits per heavy atom. The van der Waals surface area contributed by atoms with Gasteiger partial charge in [0, 0.05) is 6.54 Å². The van der Waals surface area contributed by atoms with E-state index in [-0.39, 0.29) is 6.10 Å². The van der Waals surface area contributed by atoms with Crippen LogP contribution in [-0.4, -0.2) is 35.7 Å². The molecule has 4 atom stereocenters. The molecule has 0 radical (unpaired) electrons. The number of rotatable bonds is 3. The fraction of sp³-hybridized carbons (Fsp3) is 1.00. The smallest absolute Gasteiger partial charge is 0.0568 e. The Bertz CT molecular complexity index is 268. The van der Waals surface area contributed by atoms with E-state index < -0.39 is 0 Å². The van der Waals surface area contributed by atoms with Gasteiger partial charge in [0.1, 0.15) is 0 Å². The van der Waals surface area contributed by atoms with Crippen LogP contribution in [0, 0.1) is 17.8 Å². The molecule has 0 spiro atoms. The Morgan fingerprint density at radius 1 is 0.889 bits per heavy atom. The Kier molecular flexibility index (Phi) is 4.25. The monoisotopic (exact) mass is 251 g/mol. The van der Waals surface area contributed by atoms with Crippen molar-refractivity contribution in [1.29, 1.82) is 0 Å². The van der Waals surface area contributed by atoms with Crippen LogP contribution in [0.2, 0.25) is 0 Å². The Hall–Kier alpha value is -0.0800. The molecule has 0 amide bonds. The summed E-state index contributed by atoms with van der Waals surface area (Å²) in [5.74, 6) is 2.65. The van der Waals surface area contributed by atoms with Crippen LogP contribution >= 0.6 is 0 Å². The third kappa shape index (κ3) is 2.91. The molecule has 3 rings (SSSR count).